The van der Waals surface area contributed by atoms with Crippen molar-refractivity contribution >= 4 is 21.7 Å². The minimum absolute atomic E-state index is 0.107. The summed E-state index contributed by atoms with van der Waals surface area (Å²) in [6.07, 6.45) is 0.493. The molecule has 0 radical (unpaired) electrons. The summed E-state index contributed by atoms with van der Waals surface area (Å²) in [6.45, 7) is 1.52. The van der Waals surface area contributed by atoms with Crippen molar-refractivity contribution in [2.75, 3.05) is 12.4 Å². The fourth-order valence-corrected chi connectivity index (χ4v) is 1.75. The number of nitrogens with one attached hydrogen (secondary N) is 1. The smallest absolute Gasteiger partial charge is 0.254 e. The van der Waals surface area contributed by atoms with E-state index in [2.05, 4.69) is 10.4 Å². The Kier molecular flexibility index (Phi) is 3.86. The van der Waals surface area contributed by atoms with Crippen LogP contribution in [0.1, 0.15) is 6.92 Å². The molecule has 96 valence electrons. The number of carbonyl (C=O) groups is 1. The Morgan fingerprint density at radius 1 is 1.65 bits per heavy atom. The van der Waals surface area contributed by atoms with Gasteiger partial charge in [0.05, 0.1) is 0 Å². The highest BCUT2D eigenvalue weighted by Gasteiger charge is 2.21. The van der Waals surface area contributed by atoms with Crippen LogP contribution in [0.25, 0.3) is 0 Å². The van der Waals surface area contributed by atoms with Gasteiger partial charge >= 0.3 is 0 Å². The molecule has 0 fully saturated rings. The Hall–Kier alpha value is -1.45. The molecule has 17 heavy (non-hydrogen) atoms. The molecule has 3 N–H and O–H groups in total. The van der Waals surface area contributed by atoms with Gasteiger partial charge in [0.1, 0.15) is 11.0 Å². The van der Waals surface area contributed by atoms with Gasteiger partial charge in [0.15, 0.2) is 5.82 Å². The fraction of sp³-hybridized carbons (Fsp3) is 0.500. The van der Waals surface area contributed by atoms with Gasteiger partial charge in [-0.1, -0.05) is 0 Å². The molecule has 0 bridgehead atoms. The molecule has 0 aliphatic rings. The van der Waals surface area contributed by atoms with Crippen molar-refractivity contribution < 1.29 is 17.9 Å². The number of anilines is 1. The van der Waals surface area contributed by atoms with E-state index in [1.807, 2.05) is 0 Å². The second kappa shape index (κ2) is 4.82. The molecule has 1 aromatic rings. The van der Waals surface area contributed by atoms with Crippen molar-refractivity contribution in [2.24, 2.45) is 12.2 Å². The molecule has 1 amide bonds. The summed E-state index contributed by atoms with van der Waals surface area (Å²) in [5, 5.41) is 11.1. The molecule has 1 aromatic heterocycles. The lowest BCUT2D eigenvalue weighted by atomic mass is 10.4. The summed E-state index contributed by atoms with van der Waals surface area (Å²) < 4.78 is 28.5. The minimum atomic E-state index is -3.93. The van der Waals surface area contributed by atoms with Crippen LogP contribution in [-0.2, 0) is 26.6 Å². The molecule has 1 unspecified atom stereocenters. The third-order valence-corrected chi connectivity index (χ3v) is 2.98. The van der Waals surface area contributed by atoms with Crippen LogP contribution >= 0.6 is 0 Å². The van der Waals surface area contributed by atoms with E-state index in [9.17, 15) is 13.2 Å². The first kappa shape index (κ1) is 13.6. The zero-order chi connectivity index (χ0) is 13.2. The van der Waals surface area contributed by atoms with Crippen molar-refractivity contribution in [3.63, 3.8) is 0 Å². The van der Waals surface area contributed by atoms with E-state index in [4.69, 9.17) is 9.88 Å². The van der Waals surface area contributed by atoms with Gasteiger partial charge < -0.3 is 10.1 Å². The predicted molar refractivity (Wildman–Crippen MR) is 59.7 cm³/mol. The summed E-state index contributed by atoms with van der Waals surface area (Å²) in [4.78, 5) is 11.3. The molecule has 1 rings (SSSR count). The highest BCUT2D eigenvalue weighted by molar-refractivity contribution is 7.89. The predicted octanol–water partition coefficient (Wildman–Crippen LogP) is -0.959. The molecule has 0 saturated heterocycles. The molecular formula is C8H14N4O4S. The molecule has 9 heteroatoms. The first-order chi connectivity index (χ1) is 7.75. The zero-order valence-electron chi connectivity index (χ0n) is 9.67. The van der Waals surface area contributed by atoms with Gasteiger partial charge in [-0.2, -0.15) is 5.10 Å². The average molecular weight is 262 g/mol. The number of rotatable bonds is 4. The number of aromatic nitrogens is 2. The number of methoxy groups -OCH3 is 1. The number of sulfonamides is 1. The van der Waals surface area contributed by atoms with E-state index >= 15 is 0 Å². The molecule has 0 aliphatic heterocycles. The number of primary sulfonamides is 1. The molecule has 1 heterocycles. The van der Waals surface area contributed by atoms with Gasteiger partial charge in [0.2, 0.25) is 10.0 Å². The molecule has 8 nitrogen and oxygen atoms in total. The van der Waals surface area contributed by atoms with Crippen molar-refractivity contribution in [1.29, 1.82) is 0 Å². The number of aryl methyl sites for hydroxylation is 1. The number of nitrogens with zero attached hydrogens (tertiary/aromatic N) is 2. The monoisotopic (exact) mass is 262 g/mol. The van der Waals surface area contributed by atoms with Crippen LogP contribution in [0.15, 0.2) is 11.1 Å². The normalized spacial score (nSPS) is 13.4. The van der Waals surface area contributed by atoms with Gasteiger partial charge in [0.25, 0.3) is 5.91 Å². The third kappa shape index (κ3) is 3.25. The first-order valence-corrected chi connectivity index (χ1v) is 6.20. The maximum Gasteiger partial charge on any atom is 0.254 e. The Morgan fingerprint density at radius 2 is 2.24 bits per heavy atom. The summed E-state index contributed by atoms with van der Waals surface area (Å²) in [6, 6.07) is 0. The highest BCUT2D eigenvalue weighted by Crippen LogP contribution is 2.17. The first-order valence-electron chi connectivity index (χ1n) is 4.65. The van der Waals surface area contributed by atoms with Crippen LogP contribution in [0.4, 0.5) is 5.82 Å². The van der Waals surface area contributed by atoms with E-state index in [-0.39, 0.29) is 10.7 Å². The maximum absolute atomic E-state index is 11.5. The lowest BCUT2D eigenvalue weighted by molar-refractivity contribution is -0.124. The highest BCUT2D eigenvalue weighted by atomic mass is 32.2. The second-order valence-corrected chi connectivity index (χ2v) is 4.96. The average Bonchev–Trinajstić information content (AvgIpc) is 2.57. The lowest BCUT2D eigenvalue weighted by Crippen LogP contribution is -2.27. The van der Waals surface area contributed by atoms with Crippen molar-refractivity contribution in [3.8, 4) is 0 Å². The summed E-state index contributed by atoms with van der Waals surface area (Å²) in [5.74, 6) is -0.611. The van der Waals surface area contributed by atoms with Crippen molar-refractivity contribution in [1.82, 2.24) is 9.78 Å². The molecule has 0 aliphatic carbocycles. The molecule has 0 spiro atoms. The number of ether oxygens (including phenoxy) is 1. The zero-order valence-corrected chi connectivity index (χ0v) is 10.5. The van der Waals surface area contributed by atoms with Gasteiger partial charge in [-0.3, -0.25) is 9.48 Å². The number of hydrogen-bond acceptors (Lipinski definition) is 5. The van der Waals surface area contributed by atoms with Crippen LogP contribution < -0.4 is 10.5 Å². The Bertz CT molecular complexity index is 522. The van der Waals surface area contributed by atoms with Crippen LogP contribution in [0, 0.1) is 0 Å². The Balaban J connectivity index is 3.04. The maximum atomic E-state index is 11.5. The second-order valence-electron chi connectivity index (χ2n) is 3.43. The van der Waals surface area contributed by atoms with Crippen LogP contribution in [0.3, 0.4) is 0 Å². The van der Waals surface area contributed by atoms with Crippen LogP contribution in [-0.4, -0.2) is 37.3 Å². The molecular weight excluding hydrogens is 248 g/mol. The van der Waals surface area contributed by atoms with E-state index in [0.29, 0.717) is 0 Å². The number of amides is 1. The SMILES string of the molecule is COC(C)C(=O)Nc1nn(C)cc1S(N)(=O)=O. The number of nitrogens with two attached hydrogens (primary N) is 1. The van der Waals surface area contributed by atoms with Crippen LogP contribution in [0.5, 0.6) is 0 Å². The van der Waals surface area contributed by atoms with Crippen molar-refractivity contribution in [2.45, 2.75) is 17.9 Å². The quantitative estimate of drug-likeness (QED) is 0.725. The molecule has 1 atom stereocenters. The Morgan fingerprint density at radius 3 is 2.71 bits per heavy atom. The standard InChI is InChI=1S/C8H14N4O4S/c1-5(16-3)8(13)10-7-6(17(9,14)15)4-12(2)11-7/h4-5H,1-3H3,(H2,9,14,15)(H,10,11,13). The third-order valence-electron chi connectivity index (χ3n) is 2.07. The van der Waals surface area contributed by atoms with Gasteiger partial charge in [-0.05, 0) is 6.92 Å². The van der Waals surface area contributed by atoms with E-state index in [0.717, 1.165) is 0 Å². The summed E-state index contributed by atoms with van der Waals surface area (Å²) >= 11 is 0. The summed E-state index contributed by atoms with van der Waals surface area (Å²) in [7, 11) is -1.05. The lowest BCUT2D eigenvalue weighted by Gasteiger charge is -2.09. The largest absolute Gasteiger partial charge is 0.372 e. The van der Waals surface area contributed by atoms with E-state index in [1.54, 1.807) is 0 Å². The van der Waals surface area contributed by atoms with Gasteiger partial charge in [-0.15, -0.1) is 0 Å². The Labute approximate surface area is 98.8 Å². The van der Waals surface area contributed by atoms with E-state index < -0.39 is 22.0 Å². The molecule has 0 aromatic carbocycles. The number of hydrogen-bond donors (Lipinski definition) is 2. The van der Waals surface area contributed by atoms with Crippen molar-refractivity contribution in [3.05, 3.63) is 6.20 Å². The van der Waals surface area contributed by atoms with E-state index in [1.165, 1.54) is 32.0 Å². The number of carbonyl (C=O) groups excluding carboxylic acids is 1. The minimum Gasteiger partial charge on any atom is -0.372 e. The summed E-state index contributed by atoms with van der Waals surface area (Å²) in [5.41, 5.74) is 0. The van der Waals surface area contributed by atoms with Gasteiger partial charge in [0, 0.05) is 20.4 Å². The topological polar surface area (TPSA) is 116 Å². The fourth-order valence-electron chi connectivity index (χ4n) is 1.09. The van der Waals surface area contributed by atoms with Gasteiger partial charge in [-0.25, -0.2) is 13.6 Å². The van der Waals surface area contributed by atoms with Crippen LogP contribution in [0.2, 0.25) is 0 Å². The molecule has 0 saturated carbocycles.